The molecule has 0 spiro atoms. The van der Waals surface area contributed by atoms with Crippen LogP contribution in [-0.4, -0.2) is 17.7 Å². The maximum Gasteiger partial charge on any atom is 0.0514 e. The number of halogens is 2. The van der Waals surface area contributed by atoms with E-state index in [0.29, 0.717) is 10.0 Å². The molecule has 0 saturated heterocycles. The third-order valence-electron chi connectivity index (χ3n) is 2.76. The van der Waals surface area contributed by atoms with Crippen LogP contribution in [0.25, 0.3) is 10.9 Å². The zero-order valence-corrected chi connectivity index (χ0v) is 11.4. The van der Waals surface area contributed by atoms with Gasteiger partial charge in [0.2, 0.25) is 0 Å². The summed E-state index contributed by atoms with van der Waals surface area (Å²) in [6.45, 7) is 5.11. The topological polar surface area (TPSA) is 17.0 Å². The van der Waals surface area contributed by atoms with Gasteiger partial charge in [-0.25, -0.2) is 0 Å². The molecule has 0 aliphatic heterocycles. The zero-order valence-electron chi connectivity index (χ0n) is 9.84. The van der Waals surface area contributed by atoms with Crippen LogP contribution >= 0.6 is 23.2 Å². The lowest BCUT2D eigenvalue weighted by Crippen LogP contribution is -2.20. The largest absolute Gasteiger partial charge is 0.346 e. The van der Waals surface area contributed by atoms with Crippen molar-refractivity contribution in [2.24, 2.45) is 0 Å². The summed E-state index contributed by atoms with van der Waals surface area (Å²) in [6.07, 6.45) is 3.21. The van der Waals surface area contributed by atoms with Crippen molar-refractivity contribution < 1.29 is 0 Å². The van der Waals surface area contributed by atoms with Crippen molar-refractivity contribution in [2.45, 2.75) is 19.9 Å². The van der Waals surface area contributed by atoms with Crippen molar-refractivity contribution in [3.8, 4) is 0 Å². The van der Waals surface area contributed by atoms with E-state index in [0.717, 1.165) is 37.0 Å². The van der Waals surface area contributed by atoms with Crippen LogP contribution in [0.4, 0.5) is 0 Å². The van der Waals surface area contributed by atoms with E-state index in [2.05, 4.69) is 23.0 Å². The number of aromatic nitrogens is 1. The zero-order chi connectivity index (χ0) is 12.3. The molecule has 2 rings (SSSR count). The number of nitrogens with zero attached hydrogens (tertiary/aromatic N) is 1. The molecular weight excluding hydrogens is 255 g/mol. The Balaban J connectivity index is 2.18. The smallest absolute Gasteiger partial charge is 0.0514 e. The SMILES string of the molecule is CCCNCCn1ccc2c(Cl)cc(Cl)cc21. The van der Waals surface area contributed by atoms with Crippen LogP contribution < -0.4 is 5.32 Å². The average molecular weight is 271 g/mol. The Morgan fingerprint density at radius 2 is 2.06 bits per heavy atom. The van der Waals surface area contributed by atoms with Crippen LogP contribution in [0.2, 0.25) is 10.0 Å². The fourth-order valence-corrected chi connectivity index (χ4v) is 2.46. The van der Waals surface area contributed by atoms with Gasteiger partial charge in [-0.3, -0.25) is 0 Å². The van der Waals surface area contributed by atoms with Gasteiger partial charge in [0.1, 0.15) is 0 Å². The summed E-state index contributed by atoms with van der Waals surface area (Å²) >= 11 is 12.2. The number of hydrogen-bond donors (Lipinski definition) is 1. The van der Waals surface area contributed by atoms with E-state index in [1.807, 2.05) is 12.1 Å². The first-order valence-electron chi connectivity index (χ1n) is 5.87. The van der Waals surface area contributed by atoms with Gasteiger partial charge in [-0.2, -0.15) is 0 Å². The Kier molecular flexibility index (Phi) is 4.32. The van der Waals surface area contributed by atoms with Gasteiger partial charge in [0.15, 0.2) is 0 Å². The lowest BCUT2D eigenvalue weighted by atomic mass is 10.2. The van der Waals surface area contributed by atoms with Crippen LogP contribution in [0.1, 0.15) is 13.3 Å². The van der Waals surface area contributed by atoms with Crippen LogP contribution in [0, 0.1) is 0 Å². The second-order valence-electron chi connectivity index (χ2n) is 4.08. The highest BCUT2D eigenvalue weighted by atomic mass is 35.5. The number of hydrogen-bond acceptors (Lipinski definition) is 1. The molecule has 0 atom stereocenters. The molecule has 0 amide bonds. The number of rotatable bonds is 5. The normalized spacial score (nSPS) is 11.2. The van der Waals surface area contributed by atoms with Gasteiger partial charge in [-0.1, -0.05) is 30.1 Å². The third-order valence-corrected chi connectivity index (χ3v) is 3.29. The molecule has 1 aromatic carbocycles. The van der Waals surface area contributed by atoms with Gasteiger partial charge < -0.3 is 9.88 Å². The molecule has 0 bridgehead atoms. The molecule has 0 aliphatic rings. The van der Waals surface area contributed by atoms with Crippen LogP contribution in [0.3, 0.4) is 0 Å². The Hall–Kier alpha value is -0.700. The molecule has 1 N–H and O–H groups in total. The highest BCUT2D eigenvalue weighted by Gasteiger charge is 2.05. The van der Waals surface area contributed by atoms with E-state index in [4.69, 9.17) is 23.2 Å². The Bertz CT molecular complexity index is 505. The van der Waals surface area contributed by atoms with Gasteiger partial charge in [0.25, 0.3) is 0 Å². The minimum absolute atomic E-state index is 0.684. The first-order chi connectivity index (χ1) is 8.22. The molecule has 2 aromatic rings. The second-order valence-corrected chi connectivity index (χ2v) is 4.92. The first-order valence-corrected chi connectivity index (χ1v) is 6.62. The molecule has 0 saturated carbocycles. The summed E-state index contributed by atoms with van der Waals surface area (Å²) in [7, 11) is 0. The summed E-state index contributed by atoms with van der Waals surface area (Å²) < 4.78 is 2.18. The van der Waals surface area contributed by atoms with Crippen LogP contribution in [0.5, 0.6) is 0 Å². The van der Waals surface area contributed by atoms with E-state index in [1.165, 1.54) is 0 Å². The van der Waals surface area contributed by atoms with E-state index in [9.17, 15) is 0 Å². The molecule has 2 nitrogen and oxygen atoms in total. The number of benzene rings is 1. The highest BCUT2D eigenvalue weighted by molar-refractivity contribution is 6.38. The summed E-state index contributed by atoms with van der Waals surface area (Å²) in [6, 6.07) is 5.78. The van der Waals surface area contributed by atoms with E-state index >= 15 is 0 Å². The molecule has 4 heteroatoms. The maximum atomic E-state index is 6.15. The Labute approximate surface area is 112 Å². The van der Waals surface area contributed by atoms with Crippen LogP contribution in [-0.2, 0) is 6.54 Å². The highest BCUT2D eigenvalue weighted by Crippen LogP contribution is 2.28. The molecule has 17 heavy (non-hydrogen) atoms. The second kappa shape index (κ2) is 5.76. The maximum absolute atomic E-state index is 6.15. The quantitative estimate of drug-likeness (QED) is 0.815. The van der Waals surface area contributed by atoms with Gasteiger partial charge in [-0.05, 0) is 31.2 Å². The van der Waals surface area contributed by atoms with Gasteiger partial charge in [0.05, 0.1) is 10.5 Å². The van der Waals surface area contributed by atoms with Crippen molar-refractivity contribution in [1.29, 1.82) is 0 Å². The monoisotopic (exact) mass is 270 g/mol. The van der Waals surface area contributed by atoms with Gasteiger partial charge in [-0.15, -0.1) is 0 Å². The summed E-state index contributed by atoms with van der Waals surface area (Å²) in [5.74, 6) is 0. The van der Waals surface area contributed by atoms with E-state index in [-0.39, 0.29) is 0 Å². The molecule has 1 aromatic heterocycles. The summed E-state index contributed by atoms with van der Waals surface area (Å²) in [4.78, 5) is 0. The van der Waals surface area contributed by atoms with E-state index in [1.54, 1.807) is 6.07 Å². The molecule has 92 valence electrons. The van der Waals surface area contributed by atoms with Crippen molar-refractivity contribution in [1.82, 2.24) is 9.88 Å². The summed E-state index contributed by atoms with van der Waals surface area (Å²) in [5.41, 5.74) is 1.10. The first kappa shape index (κ1) is 12.7. The molecular formula is C13H16Cl2N2. The predicted molar refractivity (Wildman–Crippen MR) is 75.1 cm³/mol. The van der Waals surface area contributed by atoms with E-state index < -0.39 is 0 Å². The molecule has 0 aliphatic carbocycles. The number of fused-ring (bicyclic) bond motifs is 1. The Morgan fingerprint density at radius 1 is 1.24 bits per heavy atom. The van der Waals surface area contributed by atoms with Crippen molar-refractivity contribution in [3.63, 3.8) is 0 Å². The lowest BCUT2D eigenvalue weighted by Gasteiger charge is -2.07. The molecule has 0 unspecified atom stereocenters. The minimum atomic E-state index is 0.684. The fraction of sp³-hybridized carbons (Fsp3) is 0.385. The van der Waals surface area contributed by atoms with Crippen LogP contribution in [0.15, 0.2) is 24.4 Å². The van der Waals surface area contributed by atoms with Crippen molar-refractivity contribution in [3.05, 3.63) is 34.4 Å². The lowest BCUT2D eigenvalue weighted by molar-refractivity contribution is 0.604. The molecule has 0 radical (unpaired) electrons. The third kappa shape index (κ3) is 2.95. The summed E-state index contributed by atoms with van der Waals surface area (Å²) in [5, 5.41) is 5.84. The van der Waals surface area contributed by atoms with Gasteiger partial charge in [0, 0.05) is 29.7 Å². The predicted octanol–water partition coefficient (Wildman–Crippen LogP) is 3.95. The standard InChI is InChI=1S/C13H16Cl2N2/c1-2-4-16-5-7-17-6-3-11-12(15)8-10(14)9-13(11)17/h3,6,8-9,16H,2,4-5,7H2,1H3. The average Bonchev–Trinajstić information content (AvgIpc) is 2.68. The molecule has 0 fully saturated rings. The van der Waals surface area contributed by atoms with Gasteiger partial charge >= 0.3 is 0 Å². The minimum Gasteiger partial charge on any atom is -0.346 e. The molecule has 1 heterocycles. The van der Waals surface area contributed by atoms with Crippen molar-refractivity contribution in [2.75, 3.05) is 13.1 Å². The fourth-order valence-electron chi connectivity index (χ4n) is 1.91. The van der Waals surface area contributed by atoms with Crippen molar-refractivity contribution >= 4 is 34.1 Å². The number of nitrogens with one attached hydrogen (secondary N) is 1. The Morgan fingerprint density at radius 3 is 2.82 bits per heavy atom.